The SMILES string of the molecule is C=CCOc1c(Cl)cc(CNCCCNCCO)cc1OC.Cl.Cl. The Bertz CT molecular complexity index is 462. The Morgan fingerprint density at radius 3 is 2.54 bits per heavy atom. The van der Waals surface area contributed by atoms with Crippen molar-refractivity contribution in [2.45, 2.75) is 13.0 Å². The minimum atomic E-state index is 0. The first-order valence-electron chi connectivity index (χ1n) is 7.35. The van der Waals surface area contributed by atoms with Crippen molar-refractivity contribution >= 4 is 36.4 Å². The molecule has 0 fully saturated rings. The lowest BCUT2D eigenvalue weighted by atomic mass is 10.2. The summed E-state index contributed by atoms with van der Waals surface area (Å²) in [6.07, 6.45) is 2.65. The van der Waals surface area contributed by atoms with Crippen LogP contribution in [0.3, 0.4) is 0 Å². The molecule has 0 radical (unpaired) electrons. The van der Waals surface area contributed by atoms with Gasteiger partial charge in [0.25, 0.3) is 0 Å². The summed E-state index contributed by atoms with van der Waals surface area (Å²) in [5.41, 5.74) is 1.04. The molecule has 0 bridgehead atoms. The summed E-state index contributed by atoms with van der Waals surface area (Å²) in [6, 6.07) is 3.79. The van der Waals surface area contributed by atoms with E-state index in [-0.39, 0.29) is 31.4 Å². The second kappa shape index (κ2) is 15.8. The Kier molecular flexibility index (Phi) is 16.8. The second-order valence-electron chi connectivity index (χ2n) is 4.71. The number of aliphatic hydroxyl groups is 1. The zero-order chi connectivity index (χ0) is 16.2. The molecule has 1 rings (SSSR count). The number of rotatable bonds is 12. The van der Waals surface area contributed by atoms with Crippen molar-refractivity contribution < 1.29 is 14.6 Å². The fourth-order valence-electron chi connectivity index (χ4n) is 1.93. The molecule has 8 heteroatoms. The molecule has 0 aromatic heterocycles. The minimum absolute atomic E-state index is 0. The van der Waals surface area contributed by atoms with E-state index in [2.05, 4.69) is 17.2 Å². The van der Waals surface area contributed by atoms with Gasteiger partial charge in [0.05, 0.1) is 18.7 Å². The zero-order valence-electron chi connectivity index (χ0n) is 13.8. The second-order valence-corrected chi connectivity index (χ2v) is 5.12. The number of benzene rings is 1. The van der Waals surface area contributed by atoms with Crippen LogP contribution >= 0.6 is 36.4 Å². The third-order valence-corrected chi connectivity index (χ3v) is 3.24. The normalized spacial score (nSPS) is 9.62. The summed E-state index contributed by atoms with van der Waals surface area (Å²) in [5.74, 6) is 1.16. The summed E-state index contributed by atoms with van der Waals surface area (Å²) in [5, 5.41) is 15.7. The van der Waals surface area contributed by atoms with Crippen LogP contribution in [-0.2, 0) is 6.54 Å². The zero-order valence-corrected chi connectivity index (χ0v) is 16.2. The summed E-state index contributed by atoms with van der Waals surface area (Å²) < 4.78 is 10.8. The van der Waals surface area contributed by atoms with Gasteiger partial charge in [0.15, 0.2) is 11.5 Å². The van der Waals surface area contributed by atoms with Crippen molar-refractivity contribution in [1.29, 1.82) is 0 Å². The number of aliphatic hydroxyl groups excluding tert-OH is 1. The van der Waals surface area contributed by atoms with Gasteiger partial charge < -0.3 is 25.2 Å². The molecule has 0 heterocycles. The molecule has 0 amide bonds. The Hall–Kier alpha value is -0.690. The lowest BCUT2D eigenvalue weighted by molar-refractivity contribution is 0.292. The van der Waals surface area contributed by atoms with Crippen LogP contribution in [0.25, 0.3) is 0 Å². The first kappa shape index (κ1) is 25.5. The Balaban J connectivity index is 0. The summed E-state index contributed by atoms with van der Waals surface area (Å²) in [7, 11) is 1.59. The van der Waals surface area contributed by atoms with Crippen LogP contribution in [0.5, 0.6) is 11.5 Å². The maximum Gasteiger partial charge on any atom is 0.180 e. The van der Waals surface area contributed by atoms with Crippen LogP contribution in [0, 0.1) is 0 Å². The highest BCUT2D eigenvalue weighted by atomic mass is 35.5. The van der Waals surface area contributed by atoms with E-state index in [4.69, 9.17) is 26.2 Å². The van der Waals surface area contributed by atoms with E-state index in [1.807, 2.05) is 12.1 Å². The molecule has 140 valence electrons. The van der Waals surface area contributed by atoms with Gasteiger partial charge in [0.1, 0.15) is 6.61 Å². The molecule has 0 spiro atoms. The number of hydrogen-bond donors (Lipinski definition) is 3. The van der Waals surface area contributed by atoms with Crippen LogP contribution < -0.4 is 20.1 Å². The first-order chi connectivity index (χ1) is 10.7. The number of methoxy groups -OCH3 is 1. The molecule has 5 nitrogen and oxygen atoms in total. The molecule has 0 atom stereocenters. The lowest BCUT2D eigenvalue weighted by Gasteiger charge is -2.13. The predicted octanol–water partition coefficient (Wildman–Crippen LogP) is 2.82. The van der Waals surface area contributed by atoms with Crippen molar-refractivity contribution in [2.75, 3.05) is 40.0 Å². The van der Waals surface area contributed by atoms with Gasteiger partial charge in [-0.1, -0.05) is 24.3 Å². The summed E-state index contributed by atoms with van der Waals surface area (Å²) >= 11 is 6.25. The van der Waals surface area contributed by atoms with Gasteiger partial charge in [-0.3, -0.25) is 0 Å². The topological polar surface area (TPSA) is 62.8 Å². The number of halogens is 3. The van der Waals surface area contributed by atoms with Crippen molar-refractivity contribution in [3.05, 3.63) is 35.4 Å². The van der Waals surface area contributed by atoms with E-state index in [0.29, 0.717) is 36.2 Å². The van der Waals surface area contributed by atoms with Crippen LogP contribution in [0.15, 0.2) is 24.8 Å². The highest BCUT2D eigenvalue weighted by molar-refractivity contribution is 6.32. The Morgan fingerprint density at radius 2 is 1.92 bits per heavy atom. The van der Waals surface area contributed by atoms with Crippen LogP contribution in [0.2, 0.25) is 5.02 Å². The highest BCUT2D eigenvalue weighted by Crippen LogP contribution is 2.36. The van der Waals surface area contributed by atoms with E-state index in [0.717, 1.165) is 25.1 Å². The average Bonchev–Trinajstić information content (AvgIpc) is 2.52. The minimum Gasteiger partial charge on any atom is -0.493 e. The van der Waals surface area contributed by atoms with Gasteiger partial charge in [-0.05, 0) is 37.2 Å². The summed E-state index contributed by atoms with van der Waals surface area (Å²) in [6.45, 7) is 7.28. The van der Waals surface area contributed by atoms with Crippen LogP contribution in [0.4, 0.5) is 0 Å². The molecular weight excluding hydrogens is 375 g/mol. The number of ether oxygens (including phenoxy) is 2. The Morgan fingerprint density at radius 1 is 1.21 bits per heavy atom. The monoisotopic (exact) mass is 400 g/mol. The predicted molar refractivity (Wildman–Crippen MR) is 104 cm³/mol. The van der Waals surface area contributed by atoms with Crippen LogP contribution in [-0.4, -0.2) is 45.1 Å². The maximum absolute atomic E-state index is 8.65. The molecule has 0 unspecified atom stereocenters. The van der Waals surface area contributed by atoms with E-state index in [1.165, 1.54) is 0 Å². The molecule has 0 aliphatic rings. The van der Waals surface area contributed by atoms with E-state index >= 15 is 0 Å². The molecular formula is C16H27Cl3N2O3. The van der Waals surface area contributed by atoms with Gasteiger partial charge in [-0.2, -0.15) is 0 Å². The van der Waals surface area contributed by atoms with Gasteiger partial charge in [0, 0.05) is 13.1 Å². The molecule has 1 aromatic rings. The first-order valence-corrected chi connectivity index (χ1v) is 7.73. The largest absolute Gasteiger partial charge is 0.493 e. The van der Waals surface area contributed by atoms with Crippen molar-refractivity contribution in [1.82, 2.24) is 10.6 Å². The third-order valence-electron chi connectivity index (χ3n) is 2.96. The number of hydrogen-bond acceptors (Lipinski definition) is 5. The fourth-order valence-corrected chi connectivity index (χ4v) is 2.22. The van der Waals surface area contributed by atoms with Crippen molar-refractivity contribution in [3.8, 4) is 11.5 Å². The molecule has 0 aliphatic carbocycles. The van der Waals surface area contributed by atoms with Crippen molar-refractivity contribution in [2.24, 2.45) is 0 Å². The molecule has 24 heavy (non-hydrogen) atoms. The van der Waals surface area contributed by atoms with Gasteiger partial charge >= 0.3 is 0 Å². The molecule has 1 aromatic carbocycles. The van der Waals surface area contributed by atoms with Gasteiger partial charge in [-0.25, -0.2) is 0 Å². The van der Waals surface area contributed by atoms with Crippen molar-refractivity contribution in [3.63, 3.8) is 0 Å². The van der Waals surface area contributed by atoms with E-state index in [9.17, 15) is 0 Å². The molecule has 3 N–H and O–H groups in total. The molecule has 0 saturated carbocycles. The standard InChI is InChI=1S/C16H25ClN2O3.2ClH/c1-3-9-22-16-14(17)10-13(11-15(16)21-2)12-19-6-4-5-18-7-8-20;;/h3,10-11,18-20H,1,4-9,12H2,2H3;2*1H. The maximum atomic E-state index is 8.65. The number of nitrogens with one attached hydrogen (secondary N) is 2. The summed E-state index contributed by atoms with van der Waals surface area (Å²) in [4.78, 5) is 0. The third kappa shape index (κ3) is 9.57. The van der Waals surface area contributed by atoms with Gasteiger partial charge in [-0.15, -0.1) is 24.8 Å². The fraction of sp³-hybridized carbons (Fsp3) is 0.500. The van der Waals surface area contributed by atoms with Gasteiger partial charge in [0.2, 0.25) is 0 Å². The molecule has 0 aliphatic heterocycles. The lowest BCUT2D eigenvalue weighted by Crippen LogP contribution is -2.23. The van der Waals surface area contributed by atoms with E-state index in [1.54, 1.807) is 13.2 Å². The average molecular weight is 402 g/mol. The smallest absolute Gasteiger partial charge is 0.180 e. The highest BCUT2D eigenvalue weighted by Gasteiger charge is 2.11. The van der Waals surface area contributed by atoms with E-state index < -0.39 is 0 Å². The van der Waals surface area contributed by atoms with Crippen LogP contribution in [0.1, 0.15) is 12.0 Å². The molecule has 0 saturated heterocycles. The quantitative estimate of drug-likeness (QED) is 0.371. The Labute approximate surface area is 161 Å².